The van der Waals surface area contributed by atoms with Gasteiger partial charge in [-0.1, -0.05) is 109 Å². The minimum absolute atomic E-state index is 0.137. The molecule has 1 unspecified atom stereocenters. The highest BCUT2D eigenvalue weighted by Gasteiger charge is 2.24. The molecule has 0 radical (unpaired) electrons. The second kappa shape index (κ2) is 16.0. The molecule has 0 aliphatic rings. The Morgan fingerprint density at radius 2 is 1.35 bits per heavy atom. The van der Waals surface area contributed by atoms with Crippen LogP contribution in [0.4, 0.5) is 5.69 Å². The first kappa shape index (κ1) is 32.6. The number of carbonyl (C=O) groups is 2. The highest BCUT2D eigenvalue weighted by molar-refractivity contribution is 7.98. The summed E-state index contributed by atoms with van der Waals surface area (Å²) < 4.78 is 0. The van der Waals surface area contributed by atoms with E-state index in [9.17, 15) is 14.7 Å². The van der Waals surface area contributed by atoms with Crippen molar-refractivity contribution in [3.63, 3.8) is 0 Å². The second-order valence-electron chi connectivity index (χ2n) is 11.4. The molecule has 2 N–H and O–H groups in total. The lowest BCUT2D eigenvalue weighted by atomic mass is 9.90. The summed E-state index contributed by atoms with van der Waals surface area (Å²) in [7, 11) is 0. The molecule has 0 aliphatic carbocycles. The number of carboxylic acids is 1. The molecule has 5 rings (SSSR count). The minimum atomic E-state index is -1.03. The van der Waals surface area contributed by atoms with Gasteiger partial charge in [0.05, 0.1) is 0 Å². The van der Waals surface area contributed by atoms with Crippen molar-refractivity contribution >= 4 is 29.3 Å². The quantitative estimate of drug-likeness (QED) is 0.129. The van der Waals surface area contributed by atoms with Gasteiger partial charge >= 0.3 is 5.97 Å². The summed E-state index contributed by atoms with van der Waals surface area (Å²) in [5.41, 5.74) is 7.90. The Kier molecular flexibility index (Phi) is 11.3. The van der Waals surface area contributed by atoms with E-state index in [1.165, 1.54) is 11.1 Å². The fourth-order valence-corrected chi connectivity index (χ4v) is 6.30. The molecular weight excluding hydrogens is 589 g/mol. The first-order valence-electron chi connectivity index (χ1n) is 15.6. The van der Waals surface area contributed by atoms with Gasteiger partial charge in [-0.25, -0.2) is 4.79 Å². The number of aliphatic carboxylic acids is 1. The number of nitrogens with zero attached hydrogens (tertiary/aromatic N) is 1. The van der Waals surface area contributed by atoms with E-state index in [1.807, 2.05) is 67.8 Å². The number of carboxylic acid groups (broad SMARTS) is 1. The van der Waals surface area contributed by atoms with Crippen molar-refractivity contribution in [1.82, 2.24) is 5.32 Å². The summed E-state index contributed by atoms with van der Waals surface area (Å²) in [6.45, 7) is 3.39. The van der Waals surface area contributed by atoms with Crippen molar-refractivity contribution in [3.8, 4) is 11.1 Å². The number of hydrogen-bond donors (Lipinski definition) is 2. The van der Waals surface area contributed by atoms with Gasteiger partial charge in [-0.3, -0.25) is 4.79 Å². The van der Waals surface area contributed by atoms with Crippen molar-refractivity contribution in [2.75, 3.05) is 23.5 Å². The van der Waals surface area contributed by atoms with Gasteiger partial charge in [-0.15, -0.1) is 0 Å². The van der Waals surface area contributed by atoms with Crippen molar-refractivity contribution in [1.29, 1.82) is 0 Å². The van der Waals surface area contributed by atoms with Crippen LogP contribution in [0.3, 0.4) is 0 Å². The number of carbonyl (C=O) groups excluding carboxylic acids is 1. The van der Waals surface area contributed by atoms with Crippen molar-refractivity contribution in [2.24, 2.45) is 0 Å². The predicted molar refractivity (Wildman–Crippen MR) is 191 cm³/mol. The Balaban J connectivity index is 1.53. The van der Waals surface area contributed by atoms with E-state index < -0.39 is 12.0 Å². The van der Waals surface area contributed by atoms with E-state index in [0.29, 0.717) is 24.3 Å². The molecule has 0 heterocycles. The van der Waals surface area contributed by atoms with Gasteiger partial charge in [0.15, 0.2) is 0 Å². The molecule has 234 valence electrons. The summed E-state index contributed by atoms with van der Waals surface area (Å²) >= 11 is 1.56. The van der Waals surface area contributed by atoms with Crippen LogP contribution in [0.5, 0.6) is 0 Å². The van der Waals surface area contributed by atoms with Gasteiger partial charge in [0.1, 0.15) is 6.04 Å². The molecule has 1 amide bonds. The number of hydrogen-bond acceptors (Lipinski definition) is 4. The van der Waals surface area contributed by atoms with Gasteiger partial charge in [0.2, 0.25) is 0 Å². The van der Waals surface area contributed by atoms with Gasteiger partial charge in [0.25, 0.3) is 5.91 Å². The Hall–Kier alpha value is -4.81. The maximum absolute atomic E-state index is 13.7. The van der Waals surface area contributed by atoms with Gasteiger partial charge in [-0.05, 0) is 83.0 Å². The number of anilines is 1. The molecule has 0 spiro atoms. The van der Waals surface area contributed by atoms with Gasteiger partial charge in [0, 0.05) is 30.3 Å². The zero-order chi connectivity index (χ0) is 32.3. The van der Waals surface area contributed by atoms with E-state index in [0.717, 1.165) is 34.5 Å². The maximum atomic E-state index is 13.7. The van der Waals surface area contributed by atoms with E-state index in [4.69, 9.17) is 0 Å². The van der Waals surface area contributed by atoms with Crippen LogP contribution in [0.25, 0.3) is 11.1 Å². The van der Waals surface area contributed by atoms with Gasteiger partial charge in [-0.2, -0.15) is 11.8 Å². The number of nitrogens with one attached hydrogen (secondary N) is 1. The smallest absolute Gasteiger partial charge is 0.326 e. The normalized spacial score (nSPS) is 11.6. The molecule has 0 bridgehead atoms. The fraction of sp³-hybridized carbons (Fsp3) is 0.200. The van der Waals surface area contributed by atoms with Crippen molar-refractivity contribution < 1.29 is 14.7 Å². The molecule has 6 heteroatoms. The highest BCUT2D eigenvalue weighted by atomic mass is 32.2. The number of rotatable bonds is 14. The van der Waals surface area contributed by atoms with Crippen LogP contribution >= 0.6 is 11.8 Å². The summed E-state index contributed by atoms with van der Waals surface area (Å²) in [5.74, 6) is -0.631. The third-order valence-electron chi connectivity index (χ3n) is 8.28. The molecule has 5 aromatic carbocycles. The van der Waals surface area contributed by atoms with Crippen LogP contribution < -0.4 is 10.2 Å². The lowest BCUT2D eigenvalue weighted by Crippen LogP contribution is -2.41. The van der Waals surface area contributed by atoms with E-state index >= 15 is 0 Å². The molecule has 0 saturated carbocycles. The SMILES string of the molecule is CSCCC(NC(=O)c1ccc(CN(CC(c2ccccc2)c2ccccc2)c2ccccc2)cc1-c1ccccc1C)C(=O)O. The summed E-state index contributed by atoms with van der Waals surface area (Å²) in [6.07, 6.45) is 2.28. The van der Waals surface area contributed by atoms with Crippen molar-refractivity contribution in [2.45, 2.75) is 31.8 Å². The predicted octanol–water partition coefficient (Wildman–Crippen LogP) is 8.44. The van der Waals surface area contributed by atoms with E-state index in [1.54, 1.807) is 11.8 Å². The average Bonchev–Trinajstić information content (AvgIpc) is 3.09. The zero-order valence-corrected chi connectivity index (χ0v) is 27.1. The molecule has 0 saturated heterocycles. The minimum Gasteiger partial charge on any atom is -0.480 e. The lowest BCUT2D eigenvalue weighted by Gasteiger charge is -2.31. The molecular formula is C40H40N2O3S. The molecule has 46 heavy (non-hydrogen) atoms. The summed E-state index contributed by atoms with van der Waals surface area (Å²) in [4.78, 5) is 28.0. The largest absolute Gasteiger partial charge is 0.480 e. The first-order chi connectivity index (χ1) is 22.4. The van der Waals surface area contributed by atoms with Crippen molar-refractivity contribution in [3.05, 3.63) is 161 Å². The Morgan fingerprint density at radius 1 is 0.761 bits per heavy atom. The van der Waals surface area contributed by atoms with Crippen LogP contribution in [-0.4, -0.2) is 41.6 Å². The highest BCUT2D eigenvalue weighted by Crippen LogP contribution is 2.32. The summed E-state index contributed by atoms with van der Waals surface area (Å²) in [5, 5.41) is 12.6. The topological polar surface area (TPSA) is 69.6 Å². The number of aryl methyl sites for hydroxylation is 1. The molecule has 5 aromatic rings. The molecule has 0 aliphatic heterocycles. The van der Waals surface area contributed by atoms with Crippen LogP contribution in [-0.2, 0) is 11.3 Å². The number of thioether (sulfide) groups is 1. The number of para-hydroxylation sites is 1. The lowest BCUT2D eigenvalue weighted by molar-refractivity contribution is -0.139. The number of amides is 1. The monoisotopic (exact) mass is 628 g/mol. The molecule has 5 nitrogen and oxygen atoms in total. The molecule has 0 fully saturated rings. The standard InChI is InChI=1S/C40H40N2O3S/c1-29-14-12-13-21-34(29)36-26-30(22-23-35(36)39(43)41-38(40(44)45)24-25-46-2)27-42(33-19-10-5-11-20-33)28-37(31-15-6-3-7-16-31)32-17-8-4-9-18-32/h3-23,26,37-38H,24-25,27-28H2,1-2H3,(H,41,43)(H,44,45). The van der Waals surface area contributed by atoms with E-state index in [-0.39, 0.29) is 11.8 Å². The first-order valence-corrected chi connectivity index (χ1v) is 17.0. The second-order valence-corrected chi connectivity index (χ2v) is 12.4. The Morgan fingerprint density at radius 3 is 1.93 bits per heavy atom. The molecule has 0 aromatic heterocycles. The summed E-state index contributed by atoms with van der Waals surface area (Å²) in [6, 6.07) is 44.6. The average molecular weight is 629 g/mol. The van der Waals surface area contributed by atoms with Crippen LogP contribution in [0, 0.1) is 6.92 Å². The van der Waals surface area contributed by atoms with Crippen LogP contribution in [0.15, 0.2) is 133 Å². The van der Waals surface area contributed by atoms with E-state index in [2.05, 4.69) is 89.1 Å². The van der Waals surface area contributed by atoms with Gasteiger partial charge < -0.3 is 15.3 Å². The third kappa shape index (κ3) is 8.26. The third-order valence-corrected chi connectivity index (χ3v) is 8.92. The van der Waals surface area contributed by atoms with Crippen LogP contribution in [0.1, 0.15) is 45.0 Å². The molecule has 1 atom stereocenters. The maximum Gasteiger partial charge on any atom is 0.326 e. The Bertz CT molecular complexity index is 1690. The fourth-order valence-electron chi connectivity index (χ4n) is 5.83. The van der Waals surface area contributed by atoms with Crippen LogP contribution in [0.2, 0.25) is 0 Å². The zero-order valence-electron chi connectivity index (χ0n) is 26.3. The Labute approximate surface area is 276 Å². The number of benzene rings is 5.